The number of nitrogens with zero attached hydrogens (tertiary/aromatic N) is 3. The molecule has 0 aliphatic carbocycles. The molecule has 0 aromatic carbocycles. The lowest BCUT2D eigenvalue weighted by molar-refractivity contribution is -0.140. The number of allylic oxidation sites excluding steroid dienone is 1. The Labute approximate surface area is 121 Å². The average molecular weight is 295 g/mol. The van der Waals surface area contributed by atoms with E-state index in [2.05, 4.69) is 15.6 Å². The first kappa shape index (κ1) is 15.0. The molecular formula is C12H17N5O4. The van der Waals surface area contributed by atoms with Crippen molar-refractivity contribution < 1.29 is 19.1 Å². The molecule has 1 aromatic rings. The van der Waals surface area contributed by atoms with Crippen molar-refractivity contribution in [3.63, 3.8) is 0 Å². The van der Waals surface area contributed by atoms with Gasteiger partial charge in [-0.3, -0.25) is 4.79 Å². The van der Waals surface area contributed by atoms with Gasteiger partial charge < -0.3 is 20.5 Å². The van der Waals surface area contributed by atoms with Crippen LogP contribution in [-0.2, 0) is 14.3 Å². The molecule has 1 aliphatic rings. The zero-order chi connectivity index (χ0) is 15.6. The van der Waals surface area contributed by atoms with Crippen LogP contribution in [0.1, 0.15) is 30.4 Å². The molecule has 9 nitrogen and oxygen atoms in total. The summed E-state index contributed by atoms with van der Waals surface area (Å²) in [5, 5.41) is 10.5. The maximum atomic E-state index is 12.1. The summed E-state index contributed by atoms with van der Waals surface area (Å²) in [5.41, 5.74) is 6.26. The van der Waals surface area contributed by atoms with Gasteiger partial charge >= 0.3 is 5.97 Å². The highest BCUT2D eigenvalue weighted by Crippen LogP contribution is 2.31. The third-order valence-corrected chi connectivity index (χ3v) is 3.16. The van der Waals surface area contributed by atoms with Gasteiger partial charge in [0, 0.05) is 12.8 Å². The van der Waals surface area contributed by atoms with Crippen molar-refractivity contribution in [1.29, 1.82) is 0 Å². The Morgan fingerprint density at radius 2 is 2.14 bits per heavy atom. The molecule has 2 heterocycles. The van der Waals surface area contributed by atoms with Gasteiger partial charge in [0.05, 0.1) is 18.2 Å². The summed E-state index contributed by atoms with van der Waals surface area (Å²) in [6.45, 7) is 3.96. The molecule has 1 aromatic heterocycles. The molecular weight excluding hydrogens is 278 g/mol. The van der Waals surface area contributed by atoms with E-state index in [1.165, 1.54) is 11.8 Å². The van der Waals surface area contributed by atoms with Gasteiger partial charge in [0.25, 0.3) is 5.91 Å². The second-order valence-electron chi connectivity index (χ2n) is 4.56. The van der Waals surface area contributed by atoms with E-state index < -0.39 is 17.9 Å². The zero-order valence-electron chi connectivity index (χ0n) is 12.0. The molecule has 0 saturated heterocycles. The van der Waals surface area contributed by atoms with Crippen molar-refractivity contribution >= 4 is 17.7 Å². The van der Waals surface area contributed by atoms with Gasteiger partial charge in [0.1, 0.15) is 6.61 Å². The molecule has 0 saturated carbocycles. The van der Waals surface area contributed by atoms with Gasteiger partial charge in [-0.1, -0.05) is 5.21 Å². The van der Waals surface area contributed by atoms with Crippen LogP contribution < -0.4 is 11.1 Å². The van der Waals surface area contributed by atoms with Crippen LogP contribution in [0, 0.1) is 0 Å². The minimum atomic E-state index is -0.685. The van der Waals surface area contributed by atoms with Crippen LogP contribution in [0.15, 0.2) is 11.3 Å². The van der Waals surface area contributed by atoms with Crippen molar-refractivity contribution in [1.82, 2.24) is 15.0 Å². The number of methoxy groups -OCH3 is 1. The van der Waals surface area contributed by atoms with E-state index in [1.54, 1.807) is 13.8 Å². The summed E-state index contributed by atoms with van der Waals surface area (Å²) >= 11 is 0. The van der Waals surface area contributed by atoms with Gasteiger partial charge in [-0.25, -0.2) is 9.48 Å². The van der Waals surface area contributed by atoms with E-state index in [0.717, 1.165) is 0 Å². The first-order valence-corrected chi connectivity index (χ1v) is 6.36. The first-order chi connectivity index (χ1) is 9.97. The topological polar surface area (TPSA) is 121 Å². The maximum Gasteiger partial charge on any atom is 0.338 e. The number of esters is 1. The van der Waals surface area contributed by atoms with E-state index in [1.807, 2.05) is 0 Å². The van der Waals surface area contributed by atoms with E-state index in [4.69, 9.17) is 15.2 Å². The third kappa shape index (κ3) is 2.72. The Bertz CT molecular complexity index is 607. The molecule has 0 fully saturated rings. The minimum Gasteiger partial charge on any atom is -0.460 e. The van der Waals surface area contributed by atoms with Crippen LogP contribution in [0.5, 0.6) is 0 Å². The van der Waals surface area contributed by atoms with E-state index in [9.17, 15) is 9.59 Å². The number of hydrogen-bond acceptors (Lipinski definition) is 7. The maximum absolute atomic E-state index is 12.1. The number of rotatable bonds is 5. The van der Waals surface area contributed by atoms with Crippen LogP contribution in [-0.4, -0.2) is 47.2 Å². The number of carbonyl (C=O) groups is 2. The lowest BCUT2D eigenvalue weighted by Crippen LogP contribution is -2.28. The number of primary amides is 1. The Kier molecular flexibility index (Phi) is 4.22. The SMILES string of the molecule is COCCOC(=O)C1=C(C)Nc2c(C(N)=O)nnn2C1C. The van der Waals surface area contributed by atoms with Crippen LogP contribution in [0.25, 0.3) is 0 Å². The van der Waals surface area contributed by atoms with Crippen LogP contribution in [0.4, 0.5) is 5.82 Å². The first-order valence-electron chi connectivity index (χ1n) is 6.36. The van der Waals surface area contributed by atoms with Gasteiger partial charge in [0.2, 0.25) is 0 Å². The smallest absolute Gasteiger partial charge is 0.338 e. The zero-order valence-corrected chi connectivity index (χ0v) is 12.0. The highest BCUT2D eigenvalue weighted by molar-refractivity contribution is 5.97. The molecule has 2 rings (SSSR count). The average Bonchev–Trinajstić information content (AvgIpc) is 2.83. The predicted molar refractivity (Wildman–Crippen MR) is 72.4 cm³/mol. The van der Waals surface area contributed by atoms with Gasteiger partial charge in [-0.05, 0) is 13.8 Å². The standard InChI is InChI=1S/C12H17N5O4/c1-6-8(12(19)21-5-4-20-3)7(2)17-11(14-6)9(10(13)18)15-16-17/h7,14H,4-5H2,1-3H3,(H2,13,18). The summed E-state index contributed by atoms with van der Waals surface area (Å²) < 4.78 is 11.4. The summed E-state index contributed by atoms with van der Waals surface area (Å²) in [6.07, 6.45) is 0. The normalized spacial score (nSPS) is 17.2. The highest BCUT2D eigenvalue weighted by atomic mass is 16.6. The molecule has 1 amide bonds. The number of ether oxygens (including phenoxy) is 2. The van der Waals surface area contributed by atoms with Gasteiger partial charge in [0.15, 0.2) is 11.5 Å². The van der Waals surface area contributed by atoms with Crippen LogP contribution >= 0.6 is 0 Å². The fourth-order valence-electron chi connectivity index (χ4n) is 2.15. The summed E-state index contributed by atoms with van der Waals surface area (Å²) in [7, 11) is 1.52. The van der Waals surface area contributed by atoms with Crippen molar-refractivity contribution in [2.24, 2.45) is 5.73 Å². The number of hydrogen-bond donors (Lipinski definition) is 2. The van der Waals surface area contributed by atoms with Crippen LogP contribution in [0.3, 0.4) is 0 Å². The fourth-order valence-corrected chi connectivity index (χ4v) is 2.15. The Hall–Kier alpha value is -2.42. The number of carbonyl (C=O) groups excluding carboxylic acids is 2. The Morgan fingerprint density at radius 1 is 1.43 bits per heavy atom. The lowest BCUT2D eigenvalue weighted by atomic mass is 10.0. The number of nitrogens with two attached hydrogens (primary N) is 1. The molecule has 21 heavy (non-hydrogen) atoms. The molecule has 114 valence electrons. The van der Waals surface area contributed by atoms with Gasteiger partial charge in [-0.15, -0.1) is 5.10 Å². The lowest BCUT2D eigenvalue weighted by Gasteiger charge is -2.25. The molecule has 0 bridgehead atoms. The summed E-state index contributed by atoms with van der Waals surface area (Å²) in [6, 6.07) is -0.420. The van der Waals surface area contributed by atoms with Crippen molar-refractivity contribution in [3.8, 4) is 0 Å². The number of fused-ring (bicyclic) bond motifs is 1. The fraction of sp³-hybridized carbons (Fsp3) is 0.500. The molecule has 0 spiro atoms. The summed E-state index contributed by atoms with van der Waals surface area (Å²) in [4.78, 5) is 23.4. The monoisotopic (exact) mass is 295 g/mol. The van der Waals surface area contributed by atoms with E-state index in [0.29, 0.717) is 23.7 Å². The Balaban J connectivity index is 2.26. The largest absolute Gasteiger partial charge is 0.460 e. The second kappa shape index (κ2) is 5.92. The van der Waals surface area contributed by atoms with Crippen molar-refractivity contribution in [3.05, 3.63) is 17.0 Å². The summed E-state index contributed by atoms with van der Waals surface area (Å²) in [5.74, 6) is -0.776. The second-order valence-corrected chi connectivity index (χ2v) is 4.56. The van der Waals surface area contributed by atoms with Gasteiger partial charge in [-0.2, -0.15) is 0 Å². The third-order valence-electron chi connectivity index (χ3n) is 3.16. The molecule has 1 atom stereocenters. The van der Waals surface area contributed by atoms with Crippen molar-refractivity contribution in [2.45, 2.75) is 19.9 Å². The van der Waals surface area contributed by atoms with Crippen LogP contribution in [0.2, 0.25) is 0 Å². The molecule has 0 radical (unpaired) electrons. The van der Waals surface area contributed by atoms with E-state index >= 15 is 0 Å². The molecule has 1 unspecified atom stereocenters. The van der Waals surface area contributed by atoms with E-state index in [-0.39, 0.29) is 12.3 Å². The molecule has 3 N–H and O–H groups in total. The number of anilines is 1. The number of amides is 1. The predicted octanol–water partition coefficient (Wildman–Crippen LogP) is -0.173. The quantitative estimate of drug-likeness (QED) is 0.571. The molecule has 9 heteroatoms. The molecule has 1 aliphatic heterocycles. The number of nitrogens with one attached hydrogen (secondary N) is 1. The van der Waals surface area contributed by atoms with Crippen molar-refractivity contribution in [2.75, 3.05) is 25.6 Å². The Morgan fingerprint density at radius 3 is 2.76 bits per heavy atom. The number of aromatic nitrogens is 3. The minimum absolute atomic E-state index is 0.0352. The highest BCUT2D eigenvalue weighted by Gasteiger charge is 2.32.